The largest absolute Gasteiger partial charge is 0.472 e. The molecule has 0 radical (unpaired) electrons. The molecule has 2 heterocycles. The Morgan fingerprint density at radius 2 is 1.66 bits per heavy atom. The molecule has 0 spiro atoms. The van der Waals surface area contributed by atoms with Crippen LogP contribution in [0.5, 0.6) is 0 Å². The molecule has 1 fully saturated rings. The van der Waals surface area contributed by atoms with Crippen LogP contribution in [0.15, 0.2) is 71.5 Å². The van der Waals surface area contributed by atoms with Crippen molar-refractivity contribution in [3.05, 3.63) is 72.7 Å². The van der Waals surface area contributed by atoms with Crippen molar-refractivity contribution in [3.8, 4) is 0 Å². The molecule has 2 amide bonds. The first-order valence-electron chi connectivity index (χ1n) is 10.9. The summed E-state index contributed by atoms with van der Waals surface area (Å²) in [6, 6.07) is 16.4. The summed E-state index contributed by atoms with van der Waals surface area (Å²) >= 11 is 0. The minimum atomic E-state index is -0.461. The molecule has 0 bridgehead atoms. The van der Waals surface area contributed by atoms with Crippen molar-refractivity contribution in [1.82, 2.24) is 0 Å². The van der Waals surface area contributed by atoms with Gasteiger partial charge in [-0.15, -0.1) is 0 Å². The SMILES string of the molecule is CC(Nc1cccc(NC(=O)c2ccoc2)c1)C(=O)Nc1ccc(N2CCCCC2)cc1. The van der Waals surface area contributed by atoms with Crippen molar-refractivity contribution in [3.63, 3.8) is 0 Å². The predicted octanol–water partition coefficient (Wildman–Crippen LogP) is 4.96. The third kappa shape index (κ3) is 5.49. The Morgan fingerprint density at radius 1 is 0.906 bits per heavy atom. The van der Waals surface area contributed by atoms with Crippen LogP contribution in [-0.2, 0) is 4.79 Å². The fourth-order valence-corrected chi connectivity index (χ4v) is 3.76. The van der Waals surface area contributed by atoms with Gasteiger partial charge >= 0.3 is 0 Å². The van der Waals surface area contributed by atoms with Crippen LogP contribution < -0.4 is 20.9 Å². The van der Waals surface area contributed by atoms with Crippen molar-refractivity contribution in [1.29, 1.82) is 0 Å². The molecule has 2 aromatic carbocycles. The van der Waals surface area contributed by atoms with Gasteiger partial charge in [-0.3, -0.25) is 9.59 Å². The highest BCUT2D eigenvalue weighted by atomic mass is 16.3. The number of benzene rings is 2. The fourth-order valence-electron chi connectivity index (χ4n) is 3.76. The molecule has 1 aliphatic heterocycles. The molecule has 32 heavy (non-hydrogen) atoms. The molecular formula is C25H28N4O3. The third-order valence-corrected chi connectivity index (χ3v) is 5.54. The normalized spacial score (nSPS) is 14.5. The molecular weight excluding hydrogens is 404 g/mol. The standard InChI is InChI=1S/C25H28N4O3/c1-18(24(30)27-20-8-10-23(11-9-20)29-13-3-2-4-14-29)26-21-6-5-7-22(16-21)28-25(31)19-12-15-32-17-19/h5-12,15-18,26H,2-4,13-14H2,1H3,(H,27,30)(H,28,31). The van der Waals surface area contributed by atoms with Gasteiger partial charge in [0.25, 0.3) is 5.91 Å². The monoisotopic (exact) mass is 432 g/mol. The summed E-state index contributed by atoms with van der Waals surface area (Å²) in [5.41, 5.74) is 3.77. The van der Waals surface area contributed by atoms with Crippen LogP contribution in [-0.4, -0.2) is 30.9 Å². The Balaban J connectivity index is 1.32. The van der Waals surface area contributed by atoms with E-state index in [4.69, 9.17) is 4.42 Å². The average molecular weight is 433 g/mol. The summed E-state index contributed by atoms with van der Waals surface area (Å²) < 4.78 is 4.94. The Labute approximate surface area is 187 Å². The second-order valence-electron chi connectivity index (χ2n) is 8.00. The van der Waals surface area contributed by atoms with E-state index in [2.05, 4.69) is 33.0 Å². The summed E-state index contributed by atoms with van der Waals surface area (Å²) in [6.45, 7) is 3.98. The highest BCUT2D eigenvalue weighted by Crippen LogP contribution is 2.22. The van der Waals surface area contributed by atoms with Gasteiger partial charge < -0.3 is 25.3 Å². The van der Waals surface area contributed by atoms with Crippen LogP contribution >= 0.6 is 0 Å². The minimum Gasteiger partial charge on any atom is -0.472 e. The molecule has 3 aromatic rings. The second kappa shape index (κ2) is 10.0. The van der Waals surface area contributed by atoms with Gasteiger partial charge in [-0.1, -0.05) is 6.07 Å². The molecule has 3 N–H and O–H groups in total. The molecule has 7 nitrogen and oxygen atoms in total. The summed E-state index contributed by atoms with van der Waals surface area (Å²) in [5.74, 6) is -0.391. The van der Waals surface area contributed by atoms with Gasteiger partial charge in [0.15, 0.2) is 0 Å². The van der Waals surface area contributed by atoms with E-state index < -0.39 is 6.04 Å². The van der Waals surface area contributed by atoms with Crippen LogP contribution in [0, 0.1) is 0 Å². The van der Waals surface area contributed by atoms with E-state index in [1.54, 1.807) is 25.1 Å². The Kier molecular flexibility index (Phi) is 6.75. The van der Waals surface area contributed by atoms with Gasteiger partial charge in [0.2, 0.25) is 5.91 Å². The number of hydrogen-bond acceptors (Lipinski definition) is 5. The number of carbonyl (C=O) groups is 2. The van der Waals surface area contributed by atoms with Crippen molar-refractivity contribution in [2.24, 2.45) is 0 Å². The van der Waals surface area contributed by atoms with Crippen LogP contribution in [0.25, 0.3) is 0 Å². The minimum absolute atomic E-state index is 0.136. The predicted molar refractivity (Wildman–Crippen MR) is 127 cm³/mol. The van der Waals surface area contributed by atoms with E-state index in [0.717, 1.165) is 24.5 Å². The van der Waals surface area contributed by atoms with Crippen molar-refractivity contribution >= 4 is 34.6 Å². The Bertz CT molecular complexity index is 1040. The van der Waals surface area contributed by atoms with E-state index in [9.17, 15) is 9.59 Å². The van der Waals surface area contributed by atoms with Gasteiger partial charge in [0.1, 0.15) is 12.3 Å². The maximum Gasteiger partial charge on any atom is 0.258 e. The smallest absolute Gasteiger partial charge is 0.258 e. The highest BCUT2D eigenvalue weighted by molar-refractivity contribution is 6.04. The van der Waals surface area contributed by atoms with E-state index in [1.165, 1.54) is 37.5 Å². The Morgan fingerprint density at radius 3 is 2.38 bits per heavy atom. The lowest BCUT2D eigenvalue weighted by Gasteiger charge is -2.28. The number of anilines is 4. The van der Waals surface area contributed by atoms with Crippen molar-refractivity contribution < 1.29 is 14.0 Å². The van der Waals surface area contributed by atoms with Crippen molar-refractivity contribution in [2.75, 3.05) is 33.9 Å². The number of rotatable bonds is 7. The number of piperidine rings is 1. The van der Waals surface area contributed by atoms with Gasteiger partial charge in [-0.25, -0.2) is 0 Å². The number of nitrogens with one attached hydrogen (secondary N) is 3. The number of amides is 2. The fraction of sp³-hybridized carbons (Fsp3) is 0.280. The van der Waals surface area contributed by atoms with E-state index in [-0.39, 0.29) is 11.8 Å². The zero-order valence-corrected chi connectivity index (χ0v) is 18.1. The van der Waals surface area contributed by atoms with Gasteiger partial charge in [-0.05, 0) is 74.7 Å². The Hall–Kier alpha value is -3.74. The van der Waals surface area contributed by atoms with Crippen LogP contribution in [0.3, 0.4) is 0 Å². The number of furan rings is 1. The second-order valence-corrected chi connectivity index (χ2v) is 8.00. The lowest BCUT2D eigenvalue weighted by atomic mass is 10.1. The highest BCUT2D eigenvalue weighted by Gasteiger charge is 2.15. The number of hydrogen-bond donors (Lipinski definition) is 3. The molecule has 1 saturated heterocycles. The van der Waals surface area contributed by atoms with Crippen LogP contribution in [0.2, 0.25) is 0 Å². The van der Waals surface area contributed by atoms with Gasteiger partial charge in [0, 0.05) is 35.8 Å². The first-order valence-corrected chi connectivity index (χ1v) is 10.9. The van der Waals surface area contributed by atoms with Crippen LogP contribution in [0.1, 0.15) is 36.5 Å². The molecule has 1 aliphatic rings. The zero-order chi connectivity index (χ0) is 22.3. The van der Waals surface area contributed by atoms with E-state index >= 15 is 0 Å². The molecule has 1 aromatic heterocycles. The number of carbonyl (C=O) groups excluding carboxylic acids is 2. The summed E-state index contributed by atoms with van der Waals surface area (Å²) in [4.78, 5) is 27.2. The average Bonchev–Trinajstić information content (AvgIpc) is 3.36. The molecule has 0 aliphatic carbocycles. The van der Waals surface area contributed by atoms with Gasteiger partial charge in [0.05, 0.1) is 11.8 Å². The number of nitrogens with zero attached hydrogens (tertiary/aromatic N) is 1. The molecule has 166 valence electrons. The first-order chi connectivity index (χ1) is 15.6. The first kappa shape index (κ1) is 21.5. The molecule has 0 saturated carbocycles. The summed E-state index contributed by atoms with van der Waals surface area (Å²) in [6.07, 6.45) is 6.61. The topological polar surface area (TPSA) is 86.6 Å². The van der Waals surface area contributed by atoms with E-state index in [1.807, 2.05) is 24.3 Å². The molecule has 7 heteroatoms. The van der Waals surface area contributed by atoms with E-state index in [0.29, 0.717) is 11.3 Å². The molecule has 1 unspecified atom stereocenters. The maximum absolute atomic E-state index is 12.7. The van der Waals surface area contributed by atoms with Gasteiger partial charge in [-0.2, -0.15) is 0 Å². The summed E-state index contributed by atoms with van der Waals surface area (Å²) in [7, 11) is 0. The zero-order valence-electron chi connectivity index (χ0n) is 18.1. The maximum atomic E-state index is 12.7. The summed E-state index contributed by atoms with van der Waals surface area (Å²) in [5, 5.41) is 8.96. The van der Waals surface area contributed by atoms with Crippen molar-refractivity contribution in [2.45, 2.75) is 32.2 Å². The quantitative estimate of drug-likeness (QED) is 0.491. The van der Waals surface area contributed by atoms with Crippen LogP contribution in [0.4, 0.5) is 22.7 Å². The lowest BCUT2D eigenvalue weighted by molar-refractivity contribution is -0.116. The molecule has 4 rings (SSSR count). The molecule has 1 atom stereocenters. The lowest BCUT2D eigenvalue weighted by Crippen LogP contribution is -2.32. The third-order valence-electron chi connectivity index (χ3n) is 5.54.